The molecule has 0 heterocycles. The first-order valence-corrected chi connectivity index (χ1v) is 17.8. The largest absolute Gasteiger partial charge is 0.492 e. The average Bonchev–Trinajstić information content (AvgIpc) is 3.01. The van der Waals surface area contributed by atoms with E-state index in [2.05, 4.69) is 59.9 Å². The molecule has 4 fully saturated rings. The van der Waals surface area contributed by atoms with Crippen LogP contribution in [0.2, 0.25) is 0 Å². The highest BCUT2D eigenvalue weighted by Gasteiger charge is 2.70. The number of rotatable bonds is 6. The lowest BCUT2D eigenvalue weighted by Gasteiger charge is -2.71. The quantitative estimate of drug-likeness (QED) is 0.149. The van der Waals surface area contributed by atoms with E-state index >= 15 is 0 Å². The zero-order chi connectivity index (χ0) is 33.3. The van der Waals surface area contributed by atoms with Crippen LogP contribution in [0, 0.1) is 56.2 Å². The number of nitrogens with one attached hydrogen (secondary N) is 1. The first kappa shape index (κ1) is 33.3. The monoisotopic (exact) mass is 631 g/mol. The predicted molar refractivity (Wildman–Crippen MR) is 180 cm³/mol. The number of hydrogen-bond acceptors (Lipinski definition) is 5. The molecule has 8 atom stereocenters. The Kier molecular flexibility index (Phi) is 8.12. The standard InChI is InChI=1S/C40H57NO5/c1-35(2)18-20-40(34(44)45-8)21-19-38(6)28(29(40)25-35)14-15-31-37(5)24-27(32(42)36(3,4)30(37)16-17-39(31,38)7)33(43)41-22-23-46-26-12-10-9-11-13-26/h9-14,27,29-31H,15-25H2,1-8H3,(H,41,43)/t27?,29?,30?,31?,37-,38+,39+,40-/m0/s1. The lowest BCUT2D eigenvalue weighted by Crippen LogP contribution is -2.66. The first-order valence-electron chi connectivity index (χ1n) is 17.8. The number of carbonyl (C=O) groups is 3. The van der Waals surface area contributed by atoms with E-state index in [0.29, 0.717) is 25.5 Å². The summed E-state index contributed by atoms with van der Waals surface area (Å²) >= 11 is 0. The SMILES string of the molecule is COC(=O)[C@]12CCC(C)(C)CC1C1=CCC3[C@@]4(C)CC(C(=O)NCCOc5ccccc5)C(=O)C(C)(C)C4CC[C@@]3(C)[C@]1(C)CC2. The zero-order valence-electron chi connectivity index (χ0n) is 29.6. The molecule has 1 N–H and O–H groups in total. The molecule has 6 nitrogen and oxygen atoms in total. The average molecular weight is 632 g/mol. The highest BCUT2D eigenvalue weighted by molar-refractivity contribution is 6.04. The van der Waals surface area contributed by atoms with Crippen molar-refractivity contribution in [1.29, 1.82) is 0 Å². The van der Waals surface area contributed by atoms with Crippen molar-refractivity contribution >= 4 is 17.7 Å². The Morgan fingerprint density at radius 2 is 1.59 bits per heavy atom. The molecule has 1 aromatic carbocycles. The first-order chi connectivity index (χ1) is 21.6. The molecule has 0 spiro atoms. The second-order valence-corrected chi connectivity index (χ2v) is 17.7. The number of para-hydroxylation sites is 1. The van der Waals surface area contributed by atoms with Gasteiger partial charge in [0.2, 0.25) is 5.91 Å². The number of ether oxygens (including phenoxy) is 2. The van der Waals surface area contributed by atoms with Crippen LogP contribution in [0.15, 0.2) is 42.0 Å². The topological polar surface area (TPSA) is 81.7 Å². The number of amides is 1. The van der Waals surface area contributed by atoms with Gasteiger partial charge in [0.25, 0.3) is 0 Å². The molecule has 4 unspecified atom stereocenters. The van der Waals surface area contributed by atoms with Crippen LogP contribution in [0.3, 0.4) is 0 Å². The second-order valence-electron chi connectivity index (χ2n) is 17.7. The summed E-state index contributed by atoms with van der Waals surface area (Å²) < 4.78 is 11.3. The van der Waals surface area contributed by atoms with Gasteiger partial charge >= 0.3 is 5.97 Å². The molecular weight excluding hydrogens is 574 g/mol. The highest BCUT2D eigenvalue weighted by atomic mass is 16.5. The number of esters is 1. The number of ketones is 1. The van der Waals surface area contributed by atoms with Crippen LogP contribution in [0.4, 0.5) is 0 Å². The maximum absolute atomic E-state index is 14.1. The fourth-order valence-electron chi connectivity index (χ4n) is 12.0. The van der Waals surface area contributed by atoms with E-state index in [-0.39, 0.29) is 51.2 Å². The molecule has 0 saturated heterocycles. The van der Waals surface area contributed by atoms with E-state index in [1.807, 2.05) is 30.3 Å². The summed E-state index contributed by atoms with van der Waals surface area (Å²) in [5.74, 6) is 0.783. The van der Waals surface area contributed by atoms with Crippen LogP contribution in [0.5, 0.6) is 5.75 Å². The van der Waals surface area contributed by atoms with E-state index in [9.17, 15) is 14.4 Å². The Balaban J connectivity index is 1.29. The van der Waals surface area contributed by atoms with Gasteiger partial charge in [-0.2, -0.15) is 0 Å². The fraction of sp³-hybridized carbons (Fsp3) is 0.725. The molecule has 6 heteroatoms. The molecular formula is C40H57NO5. The normalized spacial score (nSPS) is 40.6. The van der Waals surface area contributed by atoms with Crippen LogP contribution in [0.1, 0.15) is 106 Å². The lowest BCUT2D eigenvalue weighted by atomic mass is 9.33. The number of hydrogen-bond donors (Lipinski definition) is 1. The van der Waals surface area contributed by atoms with Crippen molar-refractivity contribution in [2.24, 2.45) is 56.2 Å². The Hall–Kier alpha value is -2.63. The van der Waals surface area contributed by atoms with Crippen molar-refractivity contribution < 1.29 is 23.9 Å². The molecule has 6 rings (SSSR count). The van der Waals surface area contributed by atoms with E-state index in [4.69, 9.17) is 9.47 Å². The summed E-state index contributed by atoms with van der Waals surface area (Å²) in [6.45, 7) is 17.1. The van der Waals surface area contributed by atoms with Gasteiger partial charge < -0.3 is 14.8 Å². The maximum Gasteiger partial charge on any atom is 0.312 e. The van der Waals surface area contributed by atoms with Crippen molar-refractivity contribution in [3.05, 3.63) is 42.0 Å². The van der Waals surface area contributed by atoms with E-state index in [0.717, 1.165) is 57.1 Å². The molecule has 5 aliphatic rings. The van der Waals surface area contributed by atoms with Gasteiger partial charge in [-0.15, -0.1) is 0 Å². The van der Waals surface area contributed by atoms with Crippen LogP contribution in [0.25, 0.3) is 0 Å². The number of allylic oxidation sites excluding steroid dienone is 2. The molecule has 1 aromatic rings. The van der Waals surface area contributed by atoms with Crippen LogP contribution in [-0.2, 0) is 19.1 Å². The Morgan fingerprint density at radius 1 is 0.891 bits per heavy atom. The summed E-state index contributed by atoms with van der Waals surface area (Å²) in [6, 6.07) is 9.59. The van der Waals surface area contributed by atoms with Gasteiger partial charge in [-0.05, 0) is 109 Å². The number of fused-ring (bicyclic) bond motifs is 7. The summed E-state index contributed by atoms with van der Waals surface area (Å²) in [5.41, 5.74) is 0.472. The van der Waals surface area contributed by atoms with Crippen molar-refractivity contribution in [2.45, 2.75) is 106 Å². The fourth-order valence-corrected chi connectivity index (χ4v) is 12.0. The van der Waals surface area contributed by atoms with Gasteiger partial charge in [0.15, 0.2) is 5.78 Å². The summed E-state index contributed by atoms with van der Waals surface area (Å²) in [5, 5.41) is 3.06. The number of Topliss-reactive ketones (excluding diaryl/α,β-unsaturated/α-hetero) is 1. The molecule has 0 aromatic heterocycles. The lowest BCUT2D eigenvalue weighted by molar-refractivity contribution is -0.196. The van der Waals surface area contributed by atoms with Gasteiger partial charge in [-0.3, -0.25) is 14.4 Å². The van der Waals surface area contributed by atoms with Crippen molar-refractivity contribution in [3.8, 4) is 5.75 Å². The summed E-state index contributed by atoms with van der Waals surface area (Å²) in [4.78, 5) is 41.4. The van der Waals surface area contributed by atoms with Crippen LogP contribution >= 0.6 is 0 Å². The highest BCUT2D eigenvalue weighted by Crippen LogP contribution is 2.75. The third-order valence-corrected chi connectivity index (χ3v) is 14.7. The van der Waals surface area contributed by atoms with E-state index in [1.54, 1.807) is 7.11 Å². The third-order valence-electron chi connectivity index (χ3n) is 14.7. The van der Waals surface area contributed by atoms with Gasteiger partial charge in [-0.25, -0.2) is 0 Å². The van der Waals surface area contributed by atoms with Gasteiger partial charge in [0.05, 0.1) is 25.0 Å². The minimum Gasteiger partial charge on any atom is -0.492 e. The van der Waals surface area contributed by atoms with E-state index < -0.39 is 16.7 Å². The molecule has 252 valence electrons. The minimum absolute atomic E-state index is 0.00716. The maximum atomic E-state index is 14.1. The predicted octanol–water partition coefficient (Wildman–Crippen LogP) is 7.95. The molecule has 4 saturated carbocycles. The smallest absolute Gasteiger partial charge is 0.312 e. The number of methoxy groups -OCH3 is 1. The van der Waals surface area contributed by atoms with Crippen LogP contribution < -0.4 is 10.1 Å². The molecule has 46 heavy (non-hydrogen) atoms. The molecule has 0 radical (unpaired) electrons. The summed E-state index contributed by atoms with van der Waals surface area (Å²) in [6.07, 6.45) is 10.9. The van der Waals surface area contributed by atoms with E-state index in [1.165, 1.54) is 5.57 Å². The molecule has 0 bridgehead atoms. The Bertz CT molecular complexity index is 1410. The van der Waals surface area contributed by atoms with Gasteiger partial charge in [-0.1, -0.05) is 78.3 Å². The Labute approximate surface area is 276 Å². The molecule has 5 aliphatic carbocycles. The Morgan fingerprint density at radius 3 is 2.28 bits per heavy atom. The van der Waals surface area contributed by atoms with Crippen molar-refractivity contribution in [1.82, 2.24) is 5.32 Å². The van der Waals surface area contributed by atoms with Crippen molar-refractivity contribution in [2.75, 3.05) is 20.3 Å². The zero-order valence-corrected chi connectivity index (χ0v) is 29.6. The minimum atomic E-state index is -0.661. The van der Waals surface area contributed by atoms with Crippen LogP contribution in [-0.4, -0.2) is 37.9 Å². The van der Waals surface area contributed by atoms with Crippen molar-refractivity contribution in [3.63, 3.8) is 0 Å². The van der Waals surface area contributed by atoms with Gasteiger partial charge in [0, 0.05) is 5.41 Å². The second kappa shape index (κ2) is 11.2. The van der Waals surface area contributed by atoms with Gasteiger partial charge in [0.1, 0.15) is 12.4 Å². The number of carbonyl (C=O) groups excluding carboxylic acids is 3. The molecule has 1 amide bonds. The third kappa shape index (κ3) is 4.81. The number of benzene rings is 1. The molecule has 0 aliphatic heterocycles. The summed E-state index contributed by atoms with van der Waals surface area (Å²) in [7, 11) is 1.56.